The quantitative estimate of drug-likeness (QED) is 0.764. The summed E-state index contributed by atoms with van der Waals surface area (Å²) in [4.78, 5) is 16.0. The third-order valence-electron chi connectivity index (χ3n) is 4.32. The van der Waals surface area contributed by atoms with Crippen LogP contribution in [0, 0.1) is 11.6 Å². The molecule has 0 saturated carbocycles. The minimum atomic E-state index is -3.56. The zero-order chi connectivity index (χ0) is 20.1. The van der Waals surface area contributed by atoms with Crippen LogP contribution in [0.15, 0.2) is 41.4 Å². The van der Waals surface area contributed by atoms with Crippen molar-refractivity contribution in [1.82, 2.24) is 9.29 Å². The normalized spacial score (nSPS) is 15.2. The largest absolute Gasteiger partial charge is 0.361 e. The molecule has 3 rings (SSSR count). The van der Waals surface area contributed by atoms with Crippen molar-refractivity contribution in [3.8, 4) is 0 Å². The monoisotopic (exact) mass is 410 g/mol. The number of sulfonamides is 1. The molecular formula is C18H20F2N4O3S. The molecule has 1 fully saturated rings. The Morgan fingerprint density at radius 1 is 1.07 bits per heavy atom. The molecule has 2 N–H and O–H groups in total. The molecule has 10 heteroatoms. The van der Waals surface area contributed by atoms with E-state index < -0.39 is 27.6 Å². The van der Waals surface area contributed by atoms with Gasteiger partial charge in [0.15, 0.2) is 11.6 Å². The minimum absolute atomic E-state index is 0.103. The number of amides is 1. The standard InChI is InChI=1S/C18H20F2N4O3S/c19-15-6-4-13(10-16(15)20)23-18(25)12-22-17-7-5-14(11-21-17)28(26,27)24-8-2-1-3-9-24/h4-7,10-11H,1-3,8-9,12H2,(H,21,22)(H,23,25). The molecule has 7 nitrogen and oxygen atoms in total. The first kappa shape index (κ1) is 20.2. The number of aromatic nitrogens is 1. The lowest BCUT2D eigenvalue weighted by Gasteiger charge is -2.25. The molecule has 150 valence electrons. The predicted molar refractivity (Wildman–Crippen MR) is 100 cm³/mol. The fourth-order valence-electron chi connectivity index (χ4n) is 2.84. The Kier molecular flexibility index (Phi) is 6.20. The summed E-state index contributed by atoms with van der Waals surface area (Å²) in [6.45, 7) is 0.836. The van der Waals surface area contributed by atoms with E-state index in [0.29, 0.717) is 18.9 Å². The second kappa shape index (κ2) is 8.61. The highest BCUT2D eigenvalue weighted by Gasteiger charge is 2.26. The highest BCUT2D eigenvalue weighted by Crippen LogP contribution is 2.20. The molecule has 28 heavy (non-hydrogen) atoms. The Hall–Kier alpha value is -2.59. The van der Waals surface area contributed by atoms with Gasteiger partial charge in [-0.15, -0.1) is 0 Å². The summed E-state index contributed by atoms with van der Waals surface area (Å²) in [5.41, 5.74) is 0.127. The van der Waals surface area contributed by atoms with Crippen molar-refractivity contribution < 1.29 is 22.0 Å². The minimum Gasteiger partial charge on any atom is -0.361 e. The summed E-state index contributed by atoms with van der Waals surface area (Å²) in [5, 5.41) is 5.17. The topological polar surface area (TPSA) is 91.4 Å². The van der Waals surface area contributed by atoms with Crippen LogP contribution in [0.25, 0.3) is 0 Å². The van der Waals surface area contributed by atoms with E-state index in [9.17, 15) is 22.0 Å². The zero-order valence-corrected chi connectivity index (χ0v) is 15.8. The van der Waals surface area contributed by atoms with Gasteiger partial charge in [0.2, 0.25) is 15.9 Å². The third kappa shape index (κ3) is 4.82. The average Bonchev–Trinajstić information content (AvgIpc) is 2.70. The second-order valence-electron chi connectivity index (χ2n) is 6.37. The van der Waals surface area contributed by atoms with Gasteiger partial charge in [-0.2, -0.15) is 4.31 Å². The average molecular weight is 410 g/mol. The Morgan fingerprint density at radius 3 is 2.46 bits per heavy atom. The lowest BCUT2D eigenvalue weighted by Crippen LogP contribution is -2.35. The zero-order valence-electron chi connectivity index (χ0n) is 15.0. The lowest BCUT2D eigenvalue weighted by atomic mass is 10.2. The van der Waals surface area contributed by atoms with E-state index in [2.05, 4.69) is 15.6 Å². The molecule has 1 aliphatic rings. The molecule has 0 radical (unpaired) electrons. The van der Waals surface area contributed by atoms with Gasteiger partial charge in [-0.3, -0.25) is 4.79 Å². The van der Waals surface area contributed by atoms with Gasteiger partial charge < -0.3 is 10.6 Å². The van der Waals surface area contributed by atoms with Crippen molar-refractivity contribution in [2.24, 2.45) is 0 Å². The number of anilines is 2. The van der Waals surface area contributed by atoms with E-state index in [1.807, 2.05) is 0 Å². The van der Waals surface area contributed by atoms with E-state index in [1.54, 1.807) is 0 Å². The number of piperidine rings is 1. The van der Waals surface area contributed by atoms with Crippen LogP contribution in [0.2, 0.25) is 0 Å². The fraction of sp³-hybridized carbons (Fsp3) is 0.333. The summed E-state index contributed by atoms with van der Waals surface area (Å²) in [7, 11) is -3.56. The van der Waals surface area contributed by atoms with Gasteiger partial charge in [0.1, 0.15) is 10.7 Å². The van der Waals surface area contributed by atoms with Crippen molar-refractivity contribution in [1.29, 1.82) is 0 Å². The molecule has 1 amide bonds. The number of hydrogen-bond acceptors (Lipinski definition) is 5. The number of halogens is 2. The van der Waals surface area contributed by atoms with Gasteiger partial charge in [-0.05, 0) is 37.1 Å². The maximum absolute atomic E-state index is 13.1. The smallest absolute Gasteiger partial charge is 0.244 e. The van der Waals surface area contributed by atoms with Crippen LogP contribution in [-0.4, -0.2) is 43.2 Å². The predicted octanol–water partition coefficient (Wildman–Crippen LogP) is 2.58. The van der Waals surface area contributed by atoms with Crippen LogP contribution in [0.4, 0.5) is 20.3 Å². The van der Waals surface area contributed by atoms with Gasteiger partial charge in [0.05, 0.1) is 6.54 Å². The Labute approximate surface area is 161 Å². The van der Waals surface area contributed by atoms with Crippen molar-refractivity contribution in [3.63, 3.8) is 0 Å². The Balaban J connectivity index is 1.56. The number of rotatable bonds is 6. The molecule has 0 aliphatic carbocycles. The summed E-state index contributed by atoms with van der Waals surface area (Å²) < 4.78 is 52.6. The number of nitrogens with one attached hydrogen (secondary N) is 2. The van der Waals surface area contributed by atoms with E-state index in [4.69, 9.17) is 0 Å². The van der Waals surface area contributed by atoms with Gasteiger partial charge >= 0.3 is 0 Å². The Bertz CT molecular complexity index is 946. The maximum Gasteiger partial charge on any atom is 0.244 e. The molecule has 2 aromatic rings. The number of pyridine rings is 1. The molecule has 1 saturated heterocycles. The molecule has 1 aromatic carbocycles. The van der Waals surface area contributed by atoms with Crippen molar-refractivity contribution in [2.45, 2.75) is 24.2 Å². The van der Waals surface area contributed by atoms with E-state index >= 15 is 0 Å². The first-order valence-corrected chi connectivity index (χ1v) is 10.3. The number of carbonyl (C=O) groups excluding carboxylic acids is 1. The van der Waals surface area contributed by atoms with E-state index in [1.165, 1.54) is 28.7 Å². The van der Waals surface area contributed by atoms with Crippen LogP contribution < -0.4 is 10.6 Å². The molecule has 0 bridgehead atoms. The number of nitrogens with zero attached hydrogens (tertiary/aromatic N) is 2. The first-order valence-electron chi connectivity index (χ1n) is 8.81. The van der Waals surface area contributed by atoms with Gasteiger partial charge in [0, 0.05) is 31.0 Å². The van der Waals surface area contributed by atoms with Crippen LogP contribution in [0.3, 0.4) is 0 Å². The molecular weight excluding hydrogens is 390 g/mol. The summed E-state index contributed by atoms with van der Waals surface area (Å²) in [6.07, 6.45) is 3.97. The highest BCUT2D eigenvalue weighted by molar-refractivity contribution is 7.89. The summed E-state index contributed by atoms with van der Waals surface area (Å²) in [6, 6.07) is 5.95. The van der Waals surface area contributed by atoms with Crippen molar-refractivity contribution >= 4 is 27.4 Å². The highest BCUT2D eigenvalue weighted by atomic mass is 32.2. The third-order valence-corrected chi connectivity index (χ3v) is 6.20. The SMILES string of the molecule is O=C(CNc1ccc(S(=O)(=O)N2CCCCC2)cn1)Nc1ccc(F)c(F)c1. The number of hydrogen-bond donors (Lipinski definition) is 2. The number of benzene rings is 1. The van der Waals surface area contributed by atoms with Crippen molar-refractivity contribution in [3.05, 3.63) is 48.2 Å². The lowest BCUT2D eigenvalue weighted by molar-refractivity contribution is -0.114. The van der Waals surface area contributed by atoms with Crippen LogP contribution in [0.1, 0.15) is 19.3 Å². The van der Waals surface area contributed by atoms with Crippen LogP contribution in [-0.2, 0) is 14.8 Å². The van der Waals surface area contributed by atoms with E-state index in [0.717, 1.165) is 31.4 Å². The molecule has 2 heterocycles. The number of carbonyl (C=O) groups is 1. The molecule has 0 unspecified atom stereocenters. The maximum atomic E-state index is 13.1. The van der Waals surface area contributed by atoms with Gasteiger partial charge in [-0.1, -0.05) is 6.42 Å². The summed E-state index contributed by atoms with van der Waals surface area (Å²) >= 11 is 0. The van der Waals surface area contributed by atoms with E-state index in [-0.39, 0.29) is 17.1 Å². The van der Waals surface area contributed by atoms with Gasteiger partial charge in [-0.25, -0.2) is 22.2 Å². The second-order valence-corrected chi connectivity index (χ2v) is 8.31. The molecule has 0 spiro atoms. The van der Waals surface area contributed by atoms with Crippen LogP contribution >= 0.6 is 0 Å². The Morgan fingerprint density at radius 2 is 1.82 bits per heavy atom. The first-order chi connectivity index (χ1) is 13.4. The fourth-order valence-corrected chi connectivity index (χ4v) is 4.30. The molecule has 1 aliphatic heterocycles. The van der Waals surface area contributed by atoms with Gasteiger partial charge in [0.25, 0.3) is 0 Å². The van der Waals surface area contributed by atoms with Crippen molar-refractivity contribution in [2.75, 3.05) is 30.3 Å². The molecule has 0 atom stereocenters. The molecule has 1 aromatic heterocycles. The van der Waals surface area contributed by atoms with Crippen LogP contribution in [0.5, 0.6) is 0 Å². The summed E-state index contributed by atoms with van der Waals surface area (Å²) in [5.74, 6) is -2.23.